The number of nitrogens with one attached hydrogen (secondary N) is 2. The molecule has 1 unspecified atom stereocenters. The molecule has 1 aromatic carbocycles. The van der Waals surface area contributed by atoms with Crippen LogP contribution < -0.4 is 15.5 Å². The van der Waals surface area contributed by atoms with Crippen LogP contribution in [0.3, 0.4) is 0 Å². The minimum absolute atomic E-state index is 0.102. The van der Waals surface area contributed by atoms with Gasteiger partial charge in [-0.1, -0.05) is 15.9 Å². The number of anilines is 2. The molecule has 0 radical (unpaired) electrons. The summed E-state index contributed by atoms with van der Waals surface area (Å²) in [4.78, 5) is 14.1. The third kappa shape index (κ3) is 2.05. The topological polar surface area (TPSA) is 44.4 Å². The van der Waals surface area contributed by atoms with Gasteiger partial charge in [-0.05, 0) is 18.2 Å². The number of nitrogens with zero attached hydrogens (tertiary/aromatic N) is 1. The van der Waals surface area contributed by atoms with Crippen molar-refractivity contribution in [2.45, 2.75) is 12.5 Å². The van der Waals surface area contributed by atoms with Crippen LogP contribution in [0.4, 0.5) is 11.4 Å². The van der Waals surface area contributed by atoms with Gasteiger partial charge in [-0.3, -0.25) is 4.79 Å². The van der Waals surface area contributed by atoms with Crippen LogP contribution in [0.5, 0.6) is 0 Å². The van der Waals surface area contributed by atoms with Crippen LogP contribution in [0, 0.1) is 0 Å². The Morgan fingerprint density at radius 2 is 2.29 bits per heavy atom. The molecule has 2 aliphatic heterocycles. The Balaban J connectivity index is 2.07. The number of hydrogen-bond acceptors (Lipinski definition) is 3. The molecule has 2 aliphatic rings. The van der Waals surface area contributed by atoms with Crippen molar-refractivity contribution in [1.29, 1.82) is 0 Å². The second-order valence-corrected chi connectivity index (χ2v) is 5.38. The van der Waals surface area contributed by atoms with Crippen molar-refractivity contribution in [3.05, 3.63) is 22.7 Å². The van der Waals surface area contributed by atoms with E-state index in [9.17, 15) is 4.79 Å². The van der Waals surface area contributed by atoms with Gasteiger partial charge in [0.15, 0.2) is 0 Å². The number of hydrogen-bond donors (Lipinski definition) is 2. The molecule has 5 heteroatoms. The summed E-state index contributed by atoms with van der Waals surface area (Å²) in [6.07, 6.45) is 0.555. The second kappa shape index (κ2) is 4.31. The number of rotatable bonds is 0. The lowest BCUT2D eigenvalue weighted by Gasteiger charge is -2.36. The van der Waals surface area contributed by atoms with E-state index in [1.807, 2.05) is 12.1 Å². The number of carbonyl (C=O) groups is 1. The van der Waals surface area contributed by atoms with Gasteiger partial charge >= 0.3 is 0 Å². The maximum atomic E-state index is 11.8. The van der Waals surface area contributed by atoms with Crippen LogP contribution in [0.2, 0.25) is 0 Å². The summed E-state index contributed by atoms with van der Waals surface area (Å²) in [6.45, 7) is 2.79. The summed E-state index contributed by atoms with van der Waals surface area (Å²) >= 11 is 3.49. The van der Waals surface area contributed by atoms with E-state index in [4.69, 9.17) is 0 Å². The minimum atomic E-state index is 0.102. The van der Waals surface area contributed by atoms with E-state index in [0.29, 0.717) is 6.42 Å². The van der Waals surface area contributed by atoms with Crippen molar-refractivity contribution in [2.24, 2.45) is 0 Å². The standard InChI is InChI=1S/C12H14BrN3O/c13-8-1-2-10-11(5-8)16-4-3-14-7-9(16)6-12(17)15-10/h1-2,5,9,14H,3-4,6-7H2,(H,15,17). The number of piperazine rings is 1. The molecule has 1 atom stereocenters. The fourth-order valence-corrected chi connectivity index (χ4v) is 2.87. The van der Waals surface area contributed by atoms with Gasteiger partial charge in [-0.15, -0.1) is 0 Å². The van der Waals surface area contributed by atoms with E-state index < -0.39 is 0 Å². The first-order valence-electron chi connectivity index (χ1n) is 5.81. The first kappa shape index (κ1) is 11.0. The summed E-state index contributed by atoms with van der Waals surface area (Å²) < 4.78 is 1.05. The second-order valence-electron chi connectivity index (χ2n) is 4.47. The lowest BCUT2D eigenvalue weighted by molar-refractivity contribution is -0.116. The predicted molar refractivity (Wildman–Crippen MR) is 71.4 cm³/mol. The fourth-order valence-electron chi connectivity index (χ4n) is 2.52. The Morgan fingerprint density at radius 1 is 1.41 bits per heavy atom. The average Bonchev–Trinajstić information content (AvgIpc) is 2.45. The van der Waals surface area contributed by atoms with Crippen LogP contribution in [0.25, 0.3) is 0 Å². The zero-order valence-electron chi connectivity index (χ0n) is 9.37. The zero-order chi connectivity index (χ0) is 11.8. The highest BCUT2D eigenvalue weighted by Gasteiger charge is 2.29. The van der Waals surface area contributed by atoms with Crippen LogP contribution in [0.1, 0.15) is 6.42 Å². The van der Waals surface area contributed by atoms with Crippen LogP contribution >= 0.6 is 15.9 Å². The van der Waals surface area contributed by atoms with Gasteiger partial charge in [0, 0.05) is 30.5 Å². The largest absolute Gasteiger partial charge is 0.364 e. The quantitative estimate of drug-likeness (QED) is 0.764. The summed E-state index contributed by atoms with van der Waals surface area (Å²) in [7, 11) is 0. The van der Waals surface area contributed by atoms with E-state index in [1.165, 1.54) is 0 Å². The highest BCUT2D eigenvalue weighted by Crippen LogP contribution is 2.34. The molecule has 4 nitrogen and oxygen atoms in total. The van der Waals surface area contributed by atoms with Crippen molar-refractivity contribution in [1.82, 2.24) is 5.32 Å². The SMILES string of the molecule is O=C1CC2CNCCN2c2cc(Br)ccc2N1. The molecule has 1 amide bonds. The number of benzene rings is 1. The van der Waals surface area contributed by atoms with E-state index in [-0.39, 0.29) is 11.9 Å². The van der Waals surface area contributed by atoms with Crippen molar-refractivity contribution < 1.29 is 4.79 Å². The Hall–Kier alpha value is -1.07. The molecule has 0 saturated carbocycles. The highest BCUT2D eigenvalue weighted by atomic mass is 79.9. The Bertz CT molecular complexity index is 463. The van der Waals surface area contributed by atoms with E-state index in [0.717, 1.165) is 35.5 Å². The monoisotopic (exact) mass is 295 g/mol. The summed E-state index contributed by atoms with van der Waals surface area (Å²) in [5.41, 5.74) is 2.04. The maximum absolute atomic E-state index is 11.8. The lowest BCUT2D eigenvalue weighted by atomic mass is 10.1. The molecular weight excluding hydrogens is 282 g/mol. The van der Waals surface area contributed by atoms with Gasteiger partial charge < -0.3 is 15.5 Å². The van der Waals surface area contributed by atoms with Gasteiger partial charge in [0.25, 0.3) is 0 Å². The maximum Gasteiger partial charge on any atom is 0.226 e. The molecule has 1 saturated heterocycles. The summed E-state index contributed by atoms with van der Waals surface area (Å²) in [6, 6.07) is 6.27. The van der Waals surface area contributed by atoms with Crippen LogP contribution in [-0.4, -0.2) is 31.6 Å². The molecule has 2 heterocycles. The van der Waals surface area contributed by atoms with Crippen molar-refractivity contribution in [3.63, 3.8) is 0 Å². The number of amides is 1. The zero-order valence-corrected chi connectivity index (χ0v) is 11.0. The first-order valence-corrected chi connectivity index (χ1v) is 6.60. The predicted octanol–water partition coefficient (Wildman–Crippen LogP) is 1.57. The highest BCUT2D eigenvalue weighted by molar-refractivity contribution is 9.10. The van der Waals surface area contributed by atoms with Crippen LogP contribution in [-0.2, 0) is 4.79 Å². The minimum Gasteiger partial charge on any atom is -0.364 e. The van der Waals surface area contributed by atoms with Crippen molar-refractivity contribution in [2.75, 3.05) is 29.9 Å². The number of fused-ring (bicyclic) bond motifs is 3. The van der Waals surface area contributed by atoms with Crippen molar-refractivity contribution >= 4 is 33.2 Å². The Labute approximate surface area is 108 Å². The Morgan fingerprint density at radius 3 is 3.18 bits per heavy atom. The lowest BCUT2D eigenvalue weighted by Crippen LogP contribution is -2.51. The third-order valence-electron chi connectivity index (χ3n) is 3.31. The molecule has 0 spiro atoms. The van der Waals surface area contributed by atoms with E-state index in [1.54, 1.807) is 0 Å². The molecule has 0 aromatic heterocycles. The molecule has 0 bridgehead atoms. The third-order valence-corrected chi connectivity index (χ3v) is 3.81. The average molecular weight is 296 g/mol. The van der Waals surface area contributed by atoms with Crippen molar-refractivity contribution in [3.8, 4) is 0 Å². The molecular formula is C12H14BrN3O. The van der Waals surface area contributed by atoms with E-state index >= 15 is 0 Å². The first-order chi connectivity index (χ1) is 8.24. The number of halogens is 1. The number of carbonyl (C=O) groups excluding carboxylic acids is 1. The van der Waals surface area contributed by atoms with E-state index in [2.05, 4.69) is 37.5 Å². The fraction of sp³-hybridized carbons (Fsp3) is 0.417. The smallest absolute Gasteiger partial charge is 0.226 e. The molecule has 1 fully saturated rings. The van der Waals surface area contributed by atoms with Gasteiger partial charge in [-0.2, -0.15) is 0 Å². The summed E-state index contributed by atoms with van der Waals surface area (Å²) in [5.74, 6) is 0.102. The van der Waals surface area contributed by atoms with Crippen LogP contribution in [0.15, 0.2) is 22.7 Å². The van der Waals surface area contributed by atoms with Gasteiger partial charge in [0.05, 0.1) is 17.4 Å². The molecule has 1 aromatic rings. The molecule has 2 N–H and O–H groups in total. The normalized spacial score (nSPS) is 23.5. The molecule has 90 valence electrons. The molecule has 0 aliphatic carbocycles. The molecule has 3 rings (SSSR count). The van der Waals surface area contributed by atoms with Gasteiger partial charge in [0.1, 0.15) is 0 Å². The Kier molecular flexibility index (Phi) is 2.80. The molecule has 17 heavy (non-hydrogen) atoms. The van der Waals surface area contributed by atoms with Gasteiger partial charge in [0.2, 0.25) is 5.91 Å². The van der Waals surface area contributed by atoms with Gasteiger partial charge in [-0.25, -0.2) is 0 Å². The summed E-state index contributed by atoms with van der Waals surface area (Å²) in [5, 5.41) is 6.32.